The summed E-state index contributed by atoms with van der Waals surface area (Å²) in [5.74, 6) is 0.338. The number of benzene rings is 2. The number of aromatic nitrogens is 2. The van der Waals surface area contributed by atoms with Crippen LogP contribution in [0.4, 0.5) is 0 Å². The van der Waals surface area contributed by atoms with Crippen molar-refractivity contribution in [1.82, 2.24) is 14.5 Å². The number of imidazole rings is 1. The van der Waals surface area contributed by atoms with Gasteiger partial charge in [-0.3, -0.25) is 0 Å². The summed E-state index contributed by atoms with van der Waals surface area (Å²) < 4.78 is 2.23. The molecule has 0 spiro atoms. The van der Waals surface area contributed by atoms with Gasteiger partial charge in [0.2, 0.25) is 0 Å². The minimum atomic E-state index is -0.305. The second-order valence-corrected chi connectivity index (χ2v) is 8.65. The molecule has 4 nitrogen and oxygen atoms in total. The molecule has 0 bridgehead atoms. The number of aliphatic hydroxyl groups is 1. The van der Waals surface area contributed by atoms with Gasteiger partial charge in [-0.25, -0.2) is 4.98 Å². The van der Waals surface area contributed by atoms with E-state index in [1.54, 1.807) is 0 Å². The Morgan fingerprint density at radius 2 is 1.80 bits per heavy atom. The van der Waals surface area contributed by atoms with Gasteiger partial charge in [-0.05, 0) is 36.3 Å². The first kappa shape index (κ1) is 19.1. The summed E-state index contributed by atoms with van der Waals surface area (Å²) in [4.78, 5) is 6.74. The third-order valence-corrected chi connectivity index (χ3v) is 6.84. The summed E-state index contributed by atoms with van der Waals surface area (Å²) in [6.45, 7) is 6.28. The molecule has 2 unspecified atom stereocenters. The molecule has 3 heterocycles. The monoisotopic (exact) mass is 399 g/mol. The molecule has 2 atom stereocenters. The number of aliphatic hydroxyl groups excluding tert-OH is 1. The molecule has 1 aromatic heterocycles. The van der Waals surface area contributed by atoms with Gasteiger partial charge in [0.1, 0.15) is 0 Å². The zero-order valence-corrected chi connectivity index (χ0v) is 17.3. The highest BCUT2D eigenvalue weighted by atomic mass is 16.3. The Bertz CT molecular complexity index is 1020. The molecule has 0 amide bonds. The predicted octanol–water partition coefficient (Wildman–Crippen LogP) is 4.67. The van der Waals surface area contributed by atoms with E-state index in [0.717, 1.165) is 44.5 Å². The number of hydrogen-bond acceptors (Lipinski definition) is 3. The van der Waals surface area contributed by atoms with Crippen LogP contribution in [0.3, 0.4) is 0 Å². The van der Waals surface area contributed by atoms with E-state index in [0.29, 0.717) is 5.92 Å². The van der Waals surface area contributed by atoms with E-state index in [1.165, 1.54) is 22.4 Å². The van der Waals surface area contributed by atoms with Gasteiger partial charge in [-0.15, -0.1) is 0 Å². The summed E-state index contributed by atoms with van der Waals surface area (Å²) >= 11 is 0. The van der Waals surface area contributed by atoms with Gasteiger partial charge in [0.05, 0.1) is 30.4 Å². The van der Waals surface area contributed by atoms with Crippen molar-refractivity contribution in [3.8, 4) is 11.3 Å². The third-order valence-electron chi connectivity index (χ3n) is 6.84. The maximum absolute atomic E-state index is 11.1. The largest absolute Gasteiger partial charge is 0.393 e. The molecule has 0 aliphatic carbocycles. The Labute approximate surface area is 178 Å². The van der Waals surface area contributed by atoms with Crippen molar-refractivity contribution >= 4 is 0 Å². The van der Waals surface area contributed by atoms with Crippen molar-refractivity contribution in [3.63, 3.8) is 0 Å². The molecule has 1 fully saturated rings. The summed E-state index contributed by atoms with van der Waals surface area (Å²) in [5, 5.41) is 11.1. The first-order valence-electron chi connectivity index (χ1n) is 11.0. The fraction of sp³-hybridized carbons (Fsp3) is 0.346. The van der Waals surface area contributed by atoms with Gasteiger partial charge >= 0.3 is 0 Å². The quantitative estimate of drug-likeness (QED) is 0.655. The first-order chi connectivity index (χ1) is 14.7. The van der Waals surface area contributed by atoms with Crippen molar-refractivity contribution in [2.45, 2.75) is 37.8 Å². The van der Waals surface area contributed by atoms with Crippen molar-refractivity contribution in [1.29, 1.82) is 0 Å². The molecule has 3 aromatic rings. The Kier molecular flexibility index (Phi) is 5.17. The predicted molar refractivity (Wildman–Crippen MR) is 120 cm³/mol. The number of allylic oxidation sites excluding steroid dienone is 1. The van der Waals surface area contributed by atoms with Gasteiger partial charge < -0.3 is 14.6 Å². The lowest BCUT2D eigenvalue weighted by molar-refractivity contribution is 0.0538. The number of nitrogens with zero attached hydrogens (tertiary/aromatic N) is 3. The van der Waals surface area contributed by atoms with E-state index in [2.05, 4.69) is 75.6 Å². The van der Waals surface area contributed by atoms with E-state index in [9.17, 15) is 5.11 Å². The Balaban J connectivity index is 1.20. The molecule has 1 N–H and O–H groups in total. The Morgan fingerprint density at radius 3 is 2.60 bits per heavy atom. The van der Waals surface area contributed by atoms with E-state index < -0.39 is 0 Å². The maximum atomic E-state index is 11.1. The molecule has 30 heavy (non-hydrogen) atoms. The van der Waals surface area contributed by atoms with Crippen LogP contribution in [-0.2, 0) is 6.42 Å². The molecule has 2 aromatic carbocycles. The van der Waals surface area contributed by atoms with Crippen LogP contribution in [0, 0.1) is 5.92 Å². The van der Waals surface area contributed by atoms with E-state index in [-0.39, 0.29) is 12.1 Å². The Hall–Kier alpha value is -2.85. The summed E-state index contributed by atoms with van der Waals surface area (Å²) in [6.07, 6.45) is 7.21. The lowest BCUT2D eigenvalue weighted by Crippen LogP contribution is -2.38. The standard InChI is InChI=1S/C26H29N3O/c1-19(15-20-7-3-2-4-8-20)28-13-11-21(12-14-28)26(30)16-24-22-9-5-6-10-23(22)25-17-27-18-29(24)25/h2-10,17-18,21,24,26,30H,1,11-16H2. The smallest absolute Gasteiger partial charge is 0.0956 e. The minimum Gasteiger partial charge on any atom is -0.393 e. The molecule has 1 saturated heterocycles. The fourth-order valence-corrected chi connectivity index (χ4v) is 5.14. The third kappa shape index (κ3) is 3.56. The number of likely N-dealkylation sites (tertiary alicyclic amines) is 1. The van der Waals surface area contributed by atoms with E-state index >= 15 is 0 Å². The van der Waals surface area contributed by atoms with Gasteiger partial charge in [-0.2, -0.15) is 0 Å². The van der Waals surface area contributed by atoms with Crippen molar-refractivity contribution in [2.75, 3.05) is 13.1 Å². The SMILES string of the molecule is C=C(Cc1ccccc1)N1CCC(C(O)CC2c3ccccc3-c3cncn32)CC1. The maximum Gasteiger partial charge on any atom is 0.0956 e. The average Bonchev–Trinajstić information content (AvgIpc) is 3.37. The van der Waals surface area contributed by atoms with Gasteiger partial charge in [0.25, 0.3) is 0 Å². The summed E-state index contributed by atoms with van der Waals surface area (Å²) in [6, 6.07) is 19.2. The van der Waals surface area contributed by atoms with Crippen LogP contribution < -0.4 is 0 Å². The fourth-order valence-electron chi connectivity index (χ4n) is 5.14. The van der Waals surface area contributed by atoms with E-state index in [4.69, 9.17) is 0 Å². The lowest BCUT2D eigenvalue weighted by atomic mass is 9.86. The Morgan fingerprint density at radius 1 is 1.07 bits per heavy atom. The summed E-state index contributed by atoms with van der Waals surface area (Å²) in [5.41, 5.74) is 6.21. The van der Waals surface area contributed by atoms with Gasteiger partial charge in [0.15, 0.2) is 0 Å². The van der Waals surface area contributed by atoms with Crippen LogP contribution in [0.15, 0.2) is 79.4 Å². The zero-order valence-electron chi connectivity index (χ0n) is 17.3. The number of fused-ring (bicyclic) bond motifs is 3. The van der Waals surface area contributed by atoms with Crippen molar-refractivity contribution in [3.05, 3.63) is 90.5 Å². The number of hydrogen-bond donors (Lipinski definition) is 1. The minimum absolute atomic E-state index is 0.180. The van der Waals surface area contributed by atoms with Crippen LogP contribution in [0.5, 0.6) is 0 Å². The average molecular weight is 400 g/mol. The molecule has 0 saturated carbocycles. The topological polar surface area (TPSA) is 41.3 Å². The highest BCUT2D eigenvalue weighted by molar-refractivity contribution is 5.68. The lowest BCUT2D eigenvalue weighted by Gasteiger charge is -2.37. The number of rotatable bonds is 6. The molecule has 2 aliphatic heterocycles. The normalized spacial score (nSPS) is 19.4. The summed E-state index contributed by atoms with van der Waals surface area (Å²) in [7, 11) is 0. The number of piperidine rings is 1. The molecule has 0 radical (unpaired) electrons. The molecule has 5 rings (SSSR count). The molecule has 154 valence electrons. The van der Waals surface area contributed by atoms with Gasteiger partial charge in [-0.1, -0.05) is 61.2 Å². The zero-order chi connectivity index (χ0) is 20.5. The molecule has 4 heteroatoms. The van der Waals surface area contributed by atoms with Crippen LogP contribution in [0.2, 0.25) is 0 Å². The first-order valence-corrected chi connectivity index (χ1v) is 11.0. The van der Waals surface area contributed by atoms with Crippen LogP contribution in [0.25, 0.3) is 11.3 Å². The second-order valence-electron chi connectivity index (χ2n) is 8.65. The van der Waals surface area contributed by atoms with Crippen LogP contribution in [0.1, 0.15) is 36.4 Å². The van der Waals surface area contributed by atoms with Crippen molar-refractivity contribution in [2.24, 2.45) is 5.92 Å². The second kappa shape index (κ2) is 8.11. The molecular weight excluding hydrogens is 370 g/mol. The van der Waals surface area contributed by atoms with Crippen LogP contribution in [-0.4, -0.2) is 38.8 Å². The highest BCUT2D eigenvalue weighted by Crippen LogP contribution is 2.42. The highest BCUT2D eigenvalue weighted by Gasteiger charge is 2.33. The van der Waals surface area contributed by atoms with E-state index in [1.807, 2.05) is 12.5 Å². The van der Waals surface area contributed by atoms with Crippen molar-refractivity contribution < 1.29 is 5.11 Å². The molecular formula is C26H29N3O. The van der Waals surface area contributed by atoms with Gasteiger partial charge in [0, 0.05) is 30.8 Å². The molecule has 2 aliphatic rings. The van der Waals surface area contributed by atoms with Crippen LogP contribution >= 0.6 is 0 Å².